The van der Waals surface area contributed by atoms with Crippen molar-refractivity contribution in [3.63, 3.8) is 0 Å². The average Bonchev–Trinajstić information content (AvgIpc) is 3.30. The largest absolute Gasteiger partial charge is 0.364 e. The second-order valence-electron chi connectivity index (χ2n) is 6.20. The molecule has 1 saturated heterocycles. The molecule has 2 heterocycles. The van der Waals surface area contributed by atoms with Crippen LogP contribution in [0.2, 0.25) is 0 Å². The van der Waals surface area contributed by atoms with Crippen LogP contribution in [0.1, 0.15) is 36.2 Å². The summed E-state index contributed by atoms with van der Waals surface area (Å²) in [6.07, 6.45) is 1.25. The number of hydrogen-bond donors (Lipinski definition) is 1. The molecule has 1 aliphatic heterocycles. The van der Waals surface area contributed by atoms with Crippen LogP contribution < -0.4 is 5.73 Å². The van der Waals surface area contributed by atoms with Gasteiger partial charge in [-0.15, -0.1) is 23.7 Å². The summed E-state index contributed by atoms with van der Waals surface area (Å²) >= 11 is 1.68. The lowest BCUT2D eigenvalue weighted by Crippen LogP contribution is -2.40. The average molecular weight is 381 g/mol. The molecule has 6 heteroatoms. The normalized spacial score (nSPS) is 20.7. The van der Waals surface area contributed by atoms with Crippen LogP contribution in [0.15, 0.2) is 47.8 Å². The highest BCUT2D eigenvalue weighted by atomic mass is 35.5. The second-order valence-corrected chi connectivity index (χ2v) is 7.18. The van der Waals surface area contributed by atoms with E-state index in [1.165, 1.54) is 4.88 Å². The predicted molar refractivity (Wildman–Crippen MR) is 104 cm³/mol. The summed E-state index contributed by atoms with van der Waals surface area (Å²) in [5.41, 5.74) is 6.81. The van der Waals surface area contributed by atoms with Gasteiger partial charge in [-0.05, 0) is 36.8 Å². The van der Waals surface area contributed by atoms with Gasteiger partial charge in [-0.2, -0.15) is 0 Å². The molecule has 3 rings (SSSR count). The van der Waals surface area contributed by atoms with Crippen molar-refractivity contribution in [2.75, 3.05) is 6.54 Å². The number of nitrogens with zero attached hydrogens (tertiary/aromatic N) is 1. The van der Waals surface area contributed by atoms with Gasteiger partial charge in [0, 0.05) is 18.0 Å². The molecule has 2 aromatic rings. The topological polar surface area (TPSA) is 55.6 Å². The Bertz CT molecular complexity index is 651. The third-order valence-corrected chi connectivity index (χ3v) is 5.59. The molecule has 4 nitrogen and oxygen atoms in total. The minimum absolute atomic E-state index is 0. The number of carbonyl (C=O) groups excluding carboxylic acids is 1. The van der Waals surface area contributed by atoms with E-state index in [0.29, 0.717) is 13.1 Å². The Morgan fingerprint density at radius 2 is 2.04 bits per heavy atom. The zero-order valence-electron chi connectivity index (χ0n) is 14.3. The van der Waals surface area contributed by atoms with E-state index in [4.69, 9.17) is 10.5 Å². The van der Waals surface area contributed by atoms with Gasteiger partial charge in [0.05, 0.1) is 12.1 Å². The molecule has 1 aromatic carbocycles. The van der Waals surface area contributed by atoms with Crippen molar-refractivity contribution < 1.29 is 9.53 Å². The number of thiophene rings is 1. The van der Waals surface area contributed by atoms with Crippen LogP contribution in [0.25, 0.3) is 0 Å². The number of nitrogens with two attached hydrogens (primary N) is 1. The zero-order chi connectivity index (χ0) is 16.9. The lowest BCUT2D eigenvalue weighted by molar-refractivity contribution is -0.145. The minimum atomic E-state index is -0.371. The molecule has 0 aliphatic carbocycles. The third-order valence-electron chi connectivity index (χ3n) is 4.55. The highest BCUT2D eigenvalue weighted by Gasteiger charge is 2.35. The fourth-order valence-corrected chi connectivity index (χ4v) is 3.91. The summed E-state index contributed by atoms with van der Waals surface area (Å²) in [4.78, 5) is 16.2. The first-order valence-electron chi connectivity index (χ1n) is 8.42. The number of rotatable bonds is 6. The molecule has 0 saturated carbocycles. The highest BCUT2D eigenvalue weighted by molar-refractivity contribution is 7.10. The minimum Gasteiger partial charge on any atom is -0.364 e. The van der Waals surface area contributed by atoms with E-state index in [1.807, 2.05) is 34.5 Å². The Morgan fingerprint density at radius 1 is 1.28 bits per heavy atom. The molecule has 1 amide bonds. The van der Waals surface area contributed by atoms with Gasteiger partial charge in [-0.3, -0.25) is 4.79 Å². The van der Waals surface area contributed by atoms with Crippen molar-refractivity contribution in [3.8, 4) is 0 Å². The van der Waals surface area contributed by atoms with Crippen LogP contribution in [-0.2, 0) is 16.1 Å². The monoisotopic (exact) mass is 380 g/mol. The molecule has 0 bridgehead atoms. The Morgan fingerprint density at radius 3 is 2.64 bits per heavy atom. The van der Waals surface area contributed by atoms with Crippen molar-refractivity contribution in [2.45, 2.75) is 44.6 Å². The quantitative estimate of drug-likeness (QED) is 0.829. The number of carbonyl (C=O) groups is 1. The fraction of sp³-hybridized carbons (Fsp3) is 0.421. The lowest BCUT2D eigenvalue weighted by Gasteiger charge is -2.31. The Hall–Kier alpha value is -1.40. The zero-order valence-corrected chi connectivity index (χ0v) is 16.0. The van der Waals surface area contributed by atoms with Gasteiger partial charge in [0.1, 0.15) is 6.10 Å². The highest BCUT2D eigenvalue weighted by Crippen LogP contribution is 2.29. The summed E-state index contributed by atoms with van der Waals surface area (Å²) in [6, 6.07) is 14.2. The van der Waals surface area contributed by atoms with E-state index < -0.39 is 0 Å². The first-order valence-corrected chi connectivity index (χ1v) is 9.30. The van der Waals surface area contributed by atoms with Gasteiger partial charge < -0.3 is 15.4 Å². The van der Waals surface area contributed by atoms with Crippen LogP contribution in [-0.4, -0.2) is 29.6 Å². The first-order chi connectivity index (χ1) is 11.7. The lowest BCUT2D eigenvalue weighted by atomic mass is 10.1. The molecular formula is C19H25ClN2O2S. The molecule has 2 N–H and O–H groups in total. The number of halogens is 1. The Balaban J connectivity index is 0.00000225. The SMILES string of the molecule is CC(c1cccs1)N(Cc1ccccc1)C(=O)[C@@H]1CC[C@H](CN)O1.Cl. The molecule has 0 spiro atoms. The smallest absolute Gasteiger partial charge is 0.252 e. The maximum Gasteiger partial charge on any atom is 0.252 e. The molecule has 1 fully saturated rings. The second kappa shape index (κ2) is 9.34. The van der Waals surface area contributed by atoms with E-state index in [2.05, 4.69) is 25.1 Å². The van der Waals surface area contributed by atoms with Crippen LogP contribution in [0, 0.1) is 0 Å². The van der Waals surface area contributed by atoms with Crippen molar-refractivity contribution in [2.24, 2.45) is 5.73 Å². The van der Waals surface area contributed by atoms with E-state index in [1.54, 1.807) is 11.3 Å². The Kier molecular flexibility index (Phi) is 7.44. The number of ether oxygens (including phenoxy) is 1. The van der Waals surface area contributed by atoms with Crippen LogP contribution >= 0.6 is 23.7 Å². The maximum absolute atomic E-state index is 13.1. The van der Waals surface area contributed by atoms with E-state index in [9.17, 15) is 4.79 Å². The van der Waals surface area contributed by atoms with Gasteiger partial charge in [-0.25, -0.2) is 0 Å². The van der Waals surface area contributed by atoms with E-state index >= 15 is 0 Å². The maximum atomic E-state index is 13.1. The summed E-state index contributed by atoms with van der Waals surface area (Å²) in [5, 5.41) is 2.05. The fourth-order valence-electron chi connectivity index (χ4n) is 3.11. The van der Waals surface area contributed by atoms with Gasteiger partial charge in [-0.1, -0.05) is 36.4 Å². The molecule has 0 radical (unpaired) electrons. The van der Waals surface area contributed by atoms with E-state index in [0.717, 1.165) is 18.4 Å². The summed E-state index contributed by atoms with van der Waals surface area (Å²) in [7, 11) is 0. The van der Waals surface area contributed by atoms with E-state index in [-0.39, 0.29) is 36.6 Å². The summed E-state index contributed by atoms with van der Waals surface area (Å²) in [6.45, 7) is 3.15. The van der Waals surface area contributed by atoms with Crippen LogP contribution in [0.3, 0.4) is 0 Å². The Labute approximate surface area is 159 Å². The van der Waals surface area contributed by atoms with Gasteiger partial charge >= 0.3 is 0 Å². The number of amides is 1. The number of hydrogen-bond acceptors (Lipinski definition) is 4. The van der Waals surface area contributed by atoms with Crippen LogP contribution in [0.4, 0.5) is 0 Å². The predicted octanol–water partition coefficient (Wildman–Crippen LogP) is 3.77. The molecule has 1 aromatic heterocycles. The third kappa shape index (κ3) is 4.82. The summed E-state index contributed by atoms with van der Waals surface area (Å²) in [5.74, 6) is 0.0655. The molecule has 1 aliphatic rings. The van der Waals surface area contributed by atoms with Crippen molar-refractivity contribution in [3.05, 3.63) is 58.3 Å². The molecule has 1 unspecified atom stereocenters. The van der Waals surface area contributed by atoms with Gasteiger partial charge in [0.15, 0.2) is 0 Å². The van der Waals surface area contributed by atoms with Crippen LogP contribution in [0.5, 0.6) is 0 Å². The van der Waals surface area contributed by atoms with Crippen molar-refractivity contribution in [1.82, 2.24) is 4.90 Å². The molecule has 3 atom stereocenters. The van der Waals surface area contributed by atoms with Crippen molar-refractivity contribution in [1.29, 1.82) is 0 Å². The van der Waals surface area contributed by atoms with Crippen molar-refractivity contribution >= 4 is 29.7 Å². The first kappa shape index (κ1) is 19.9. The molecule has 136 valence electrons. The summed E-state index contributed by atoms with van der Waals surface area (Å²) < 4.78 is 5.85. The molecular weight excluding hydrogens is 356 g/mol. The van der Waals surface area contributed by atoms with Gasteiger partial charge in [0.25, 0.3) is 5.91 Å². The standard InChI is InChI=1S/C19H24N2O2S.ClH/c1-14(18-8-5-11-24-18)21(13-15-6-3-2-4-7-15)19(22)17-10-9-16(12-20)23-17;/h2-8,11,14,16-17H,9-10,12-13,20H2,1H3;1H/t14?,16-,17+;/m1./s1. The number of benzene rings is 1. The molecule has 25 heavy (non-hydrogen) atoms. The van der Waals surface area contributed by atoms with Gasteiger partial charge in [0.2, 0.25) is 0 Å².